The Morgan fingerprint density at radius 3 is 2.55 bits per heavy atom. The van der Waals surface area contributed by atoms with Crippen molar-refractivity contribution in [2.45, 2.75) is 32.2 Å². The number of ether oxygens (including phenoxy) is 2. The van der Waals surface area contributed by atoms with Gasteiger partial charge in [0.1, 0.15) is 13.2 Å². The Morgan fingerprint density at radius 1 is 1.35 bits per heavy atom. The standard InChI is InChI=1S/C14H20N2O4/c1-3-4-11(15-2)7-10-8-13-14(20-6-5-19-13)9-12(10)16(17)18/h8-9,11,15H,3-7H2,1-2H3. The lowest BCUT2D eigenvalue weighted by molar-refractivity contribution is -0.385. The Labute approximate surface area is 118 Å². The number of rotatable bonds is 6. The van der Waals surface area contributed by atoms with E-state index in [1.807, 2.05) is 7.05 Å². The van der Waals surface area contributed by atoms with Crippen LogP contribution in [0.25, 0.3) is 0 Å². The Hall–Kier alpha value is -1.82. The first kappa shape index (κ1) is 14.6. The maximum atomic E-state index is 11.2. The van der Waals surface area contributed by atoms with E-state index in [9.17, 15) is 10.1 Å². The molecule has 1 unspecified atom stereocenters. The fourth-order valence-electron chi connectivity index (χ4n) is 2.42. The van der Waals surface area contributed by atoms with Crippen LogP contribution in [-0.2, 0) is 6.42 Å². The van der Waals surface area contributed by atoms with Gasteiger partial charge in [0.25, 0.3) is 5.69 Å². The van der Waals surface area contributed by atoms with E-state index in [-0.39, 0.29) is 16.7 Å². The predicted octanol–water partition coefficient (Wildman–Crippen LogP) is 2.30. The topological polar surface area (TPSA) is 73.6 Å². The van der Waals surface area contributed by atoms with Crippen molar-refractivity contribution >= 4 is 5.69 Å². The molecule has 1 aromatic carbocycles. The highest BCUT2D eigenvalue weighted by atomic mass is 16.6. The molecular weight excluding hydrogens is 260 g/mol. The number of nitrogens with zero attached hydrogens (tertiary/aromatic N) is 1. The summed E-state index contributed by atoms with van der Waals surface area (Å²) in [6, 6.07) is 3.44. The van der Waals surface area contributed by atoms with Crippen LogP contribution in [0, 0.1) is 10.1 Å². The number of benzene rings is 1. The zero-order valence-electron chi connectivity index (χ0n) is 11.8. The molecule has 0 saturated heterocycles. The summed E-state index contributed by atoms with van der Waals surface area (Å²) in [6.07, 6.45) is 2.61. The van der Waals surface area contributed by atoms with Crippen LogP contribution in [0.1, 0.15) is 25.3 Å². The van der Waals surface area contributed by atoms with E-state index in [1.54, 1.807) is 6.07 Å². The average Bonchev–Trinajstić information content (AvgIpc) is 2.45. The van der Waals surface area contributed by atoms with Crippen molar-refractivity contribution in [1.29, 1.82) is 0 Å². The van der Waals surface area contributed by atoms with Crippen LogP contribution in [0.5, 0.6) is 11.5 Å². The van der Waals surface area contributed by atoms with Gasteiger partial charge in [-0.05, 0) is 26.0 Å². The number of hydrogen-bond donors (Lipinski definition) is 1. The first-order valence-corrected chi connectivity index (χ1v) is 6.89. The molecule has 0 spiro atoms. The monoisotopic (exact) mass is 280 g/mol. The fraction of sp³-hybridized carbons (Fsp3) is 0.571. The van der Waals surface area contributed by atoms with E-state index in [1.165, 1.54) is 6.07 Å². The molecule has 1 atom stereocenters. The highest BCUT2D eigenvalue weighted by molar-refractivity contribution is 5.55. The van der Waals surface area contributed by atoms with E-state index >= 15 is 0 Å². The van der Waals surface area contributed by atoms with Crippen LogP contribution in [-0.4, -0.2) is 31.2 Å². The van der Waals surface area contributed by atoms with Gasteiger partial charge in [0.2, 0.25) is 0 Å². The maximum absolute atomic E-state index is 11.2. The van der Waals surface area contributed by atoms with E-state index in [0.29, 0.717) is 36.7 Å². The lowest BCUT2D eigenvalue weighted by atomic mass is 10.00. The van der Waals surface area contributed by atoms with Crippen molar-refractivity contribution in [2.75, 3.05) is 20.3 Å². The molecule has 6 nitrogen and oxygen atoms in total. The van der Waals surface area contributed by atoms with Crippen molar-refractivity contribution in [2.24, 2.45) is 0 Å². The molecule has 0 aromatic heterocycles. The van der Waals surface area contributed by atoms with Crippen LogP contribution in [0.2, 0.25) is 0 Å². The van der Waals surface area contributed by atoms with Gasteiger partial charge in [0.05, 0.1) is 11.0 Å². The molecule has 110 valence electrons. The van der Waals surface area contributed by atoms with Crippen molar-refractivity contribution in [3.05, 3.63) is 27.8 Å². The molecule has 0 amide bonds. The first-order chi connectivity index (χ1) is 9.65. The minimum absolute atomic E-state index is 0.102. The lowest BCUT2D eigenvalue weighted by Gasteiger charge is -2.20. The molecule has 0 aliphatic carbocycles. The Morgan fingerprint density at radius 2 is 2.00 bits per heavy atom. The zero-order chi connectivity index (χ0) is 14.5. The summed E-state index contributed by atoms with van der Waals surface area (Å²) in [5.41, 5.74) is 0.789. The largest absolute Gasteiger partial charge is 0.486 e. The van der Waals surface area contributed by atoms with Gasteiger partial charge in [-0.25, -0.2) is 0 Å². The number of likely N-dealkylation sites (N-methyl/N-ethyl adjacent to an activating group) is 1. The summed E-state index contributed by atoms with van der Waals surface area (Å²) in [5, 5.41) is 14.4. The zero-order valence-corrected chi connectivity index (χ0v) is 11.8. The van der Waals surface area contributed by atoms with Gasteiger partial charge in [0.15, 0.2) is 11.5 Å². The third-order valence-corrected chi connectivity index (χ3v) is 3.45. The molecule has 20 heavy (non-hydrogen) atoms. The molecule has 1 aromatic rings. The smallest absolute Gasteiger partial charge is 0.276 e. The predicted molar refractivity (Wildman–Crippen MR) is 75.5 cm³/mol. The minimum atomic E-state index is -0.355. The summed E-state index contributed by atoms with van der Waals surface area (Å²) < 4.78 is 10.9. The molecule has 1 aliphatic heterocycles. The second kappa shape index (κ2) is 6.56. The van der Waals surface area contributed by atoms with Crippen LogP contribution in [0.4, 0.5) is 5.69 Å². The Bertz CT molecular complexity index is 490. The van der Waals surface area contributed by atoms with Gasteiger partial charge in [-0.3, -0.25) is 10.1 Å². The van der Waals surface area contributed by atoms with Crippen LogP contribution < -0.4 is 14.8 Å². The van der Waals surface area contributed by atoms with Gasteiger partial charge < -0.3 is 14.8 Å². The molecule has 1 aliphatic rings. The van der Waals surface area contributed by atoms with Crippen molar-refractivity contribution in [3.63, 3.8) is 0 Å². The summed E-state index contributed by atoms with van der Waals surface area (Å²) >= 11 is 0. The van der Waals surface area contributed by atoms with Crippen molar-refractivity contribution in [1.82, 2.24) is 5.32 Å². The second-order valence-corrected chi connectivity index (χ2v) is 4.86. The molecule has 2 rings (SSSR count). The summed E-state index contributed by atoms with van der Waals surface area (Å²) in [4.78, 5) is 10.9. The molecule has 0 saturated carbocycles. The SMILES string of the molecule is CCCC(Cc1cc2c(cc1[N+](=O)[O-])OCCO2)NC. The number of hydrogen-bond acceptors (Lipinski definition) is 5. The molecule has 0 radical (unpaired) electrons. The number of nitrogens with one attached hydrogen (secondary N) is 1. The number of nitro benzene ring substituents is 1. The second-order valence-electron chi connectivity index (χ2n) is 4.86. The average molecular weight is 280 g/mol. The minimum Gasteiger partial charge on any atom is -0.486 e. The van der Waals surface area contributed by atoms with Gasteiger partial charge in [0, 0.05) is 11.6 Å². The van der Waals surface area contributed by atoms with Crippen molar-refractivity contribution < 1.29 is 14.4 Å². The molecule has 1 N–H and O–H groups in total. The third-order valence-electron chi connectivity index (χ3n) is 3.45. The molecule has 6 heteroatoms. The lowest BCUT2D eigenvalue weighted by Crippen LogP contribution is -2.27. The van der Waals surface area contributed by atoms with Crippen molar-refractivity contribution in [3.8, 4) is 11.5 Å². The third kappa shape index (κ3) is 3.19. The molecule has 1 heterocycles. The highest BCUT2D eigenvalue weighted by Crippen LogP contribution is 2.37. The van der Waals surface area contributed by atoms with E-state index in [0.717, 1.165) is 12.8 Å². The maximum Gasteiger partial charge on any atom is 0.276 e. The fourth-order valence-corrected chi connectivity index (χ4v) is 2.42. The van der Waals surface area contributed by atoms with Gasteiger partial charge in [-0.1, -0.05) is 13.3 Å². The van der Waals surface area contributed by atoms with Crippen LogP contribution in [0.15, 0.2) is 12.1 Å². The Balaban J connectivity index is 2.31. The molecule has 0 fully saturated rings. The molecular formula is C14H20N2O4. The van der Waals surface area contributed by atoms with Crippen LogP contribution >= 0.6 is 0 Å². The quantitative estimate of drug-likeness (QED) is 0.639. The van der Waals surface area contributed by atoms with Gasteiger partial charge in [-0.2, -0.15) is 0 Å². The number of fused-ring (bicyclic) bond motifs is 1. The summed E-state index contributed by atoms with van der Waals surface area (Å²) in [6.45, 7) is 3.01. The Kier molecular flexibility index (Phi) is 4.79. The van der Waals surface area contributed by atoms with Gasteiger partial charge >= 0.3 is 0 Å². The molecule has 0 bridgehead atoms. The van der Waals surface area contributed by atoms with E-state index < -0.39 is 0 Å². The van der Waals surface area contributed by atoms with Crippen LogP contribution in [0.3, 0.4) is 0 Å². The normalized spacial score (nSPS) is 14.9. The first-order valence-electron chi connectivity index (χ1n) is 6.89. The van der Waals surface area contributed by atoms with E-state index in [2.05, 4.69) is 12.2 Å². The number of nitro groups is 1. The summed E-state index contributed by atoms with van der Waals surface area (Å²) in [7, 11) is 1.88. The summed E-state index contributed by atoms with van der Waals surface area (Å²) in [5.74, 6) is 1.06. The van der Waals surface area contributed by atoms with E-state index in [4.69, 9.17) is 9.47 Å². The highest BCUT2D eigenvalue weighted by Gasteiger charge is 2.23. The van der Waals surface area contributed by atoms with Gasteiger partial charge in [-0.15, -0.1) is 0 Å².